The number of nitrogens with two attached hydrogens (primary N) is 1. The molecule has 1 amide bonds. The number of hydrogen-bond acceptors (Lipinski definition) is 4. The van der Waals surface area contributed by atoms with Crippen LogP contribution < -0.4 is 11.1 Å². The zero-order valence-electron chi connectivity index (χ0n) is 11.1. The van der Waals surface area contributed by atoms with Gasteiger partial charge in [-0.1, -0.05) is 6.92 Å². The lowest BCUT2D eigenvalue weighted by atomic mass is 10.1. The highest BCUT2D eigenvalue weighted by atomic mass is 32.1. The maximum absolute atomic E-state index is 13.0. The van der Waals surface area contributed by atoms with Crippen molar-refractivity contribution >= 4 is 22.4 Å². The molecule has 0 spiro atoms. The summed E-state index contributed by atoms with van der Waals surface area (Å²) < 4.78 is 13.0. The molecule has 4 nitrogen and oxygen atoms in total. The van der Waals surface area contributed by atoms with Gasteiger partial charge in [-0.3, -0.25) is 4.79 Å². The van der Waals surface area contributed by atoms with Gasteiger partial charge in [-0.15, -0.1) is 11.3 Å². The van der Waals surface area contributed by atoms with Crippen molar-refractivity contribution < 1.29 is 9.18 Å². The smallest absolute Gasteiger partial charge is 0.227 e. The molecule has 0 atom stereocenters. The van der Waals surface area contributed by atoms with Crippen LogP contribution in [0.25, 0.3) is 11.3 Å². The van der Waals surface area contributed by atoms with Crippen molar-refractivity contribution in [3.63, 3.8) is 0 Å². The Bertz CT molecular complexity index is 595. The molecule has 0 saturated carbocycles. The second kappa shape index (κ2) is 6.58. The summed E-state index contributed by atoms with van der Waals surface area (Å²) in [5, 5.41) is 3.29. The number of thiazole rings is 1. The number of carbonyl (C=O) groups excluding carboxylic acids is 1. The van der Waals surface area contributed by atoms with Gasteiger partial charge in [0.1, 0.15) is 5.82 Å². The van der Waals surface area contributed by atoms with E-state index in [4.69, 9.17) is 5.73 Å². The van der Waals surface area contributed by atoms with Crippen LogP contribution in [0, 0.1) is 5.82 Å². The molecule has 0 aliphatic heterocycles. The number of anilines is 1. The van der Waals surface area contributed by atoms with Crippen LogP contribution in [0.2, 0.25) is 0 Å². The zero-order valence-corrected chi connectivity index (χ0v) is 12.0. The van der Waals surface area contributed by atoms with Gasteiger partial charge in [0.05, 0.1) is 5.69 Å². The van der Waals surface area contributed by atoms with Crippen LogP contribution in [0.5, 0.6) is 0 Å². The molecule has 0 aliphatic rings. The summed E-state index contributed by atoms with van der Waals surface area (Å²) in [6.45, 7) is 2.33. The fourth-order valence-corrected chi connectivity index (χ4v) is 2.73. The molecule has 0 fully saturated rings. The summed E-state index contributed by atoms with van der Waals surface area (Å²) in [7, 11) is 0. The summed E-state index contributed by atoms with van der Waals surface area (Å²) >= 11 is 1.44. The normalized spacial score (nSPS) is 10.6. The van der Waals surface area contributed by atoms with E-state index in [1.165, 1.54) is 23.5 Å². The van der Waals surface area contributed by atoms with Gasteiger partial charge >= 0.3 is 0 Å². The first-order chi connectivity index (χ1) is 9.63. The monoisotopic (exact) mass is 293 g/mol. The predicted molar refractivity (Wildman–Crippen MR) is 79.2 cm³/mol. The number of hydrogen-bond donors (Lipinski definition) is 2. The number of aryl methyl sites for hydroxylation is 1. The van der Waals surface area contributed by atoms with Crippen molar-refractivity contribution in [1.82, 2.24) is 4.98 Å². The van der Waals surface area contributed by atoms with Gasteiger partial charge in [-0.2, -0.15) is 0 Å². The number of benzene rings is 1. The van der Waals surface area contributed by atoms with Crippen molar-refractivity contribution in [3.05, 3.63) is 35.0 Å². The Morgan fingerprint density at radius 2 is 2.10 bits per heavy atom. The average molecular weight is 293 g/mol. The van der Waals surface area contributed by atoms with Gasteiger partial charge in [-0.05, 0) is 30.7 Å². The van der Waals surface area contributed by atoms with Gasteiger partial charge in [0.25, 0.3) is 0 Å². The van der Waals surface area contributed by atoms with E-state index in [2.05, 4.69) is 10.3 Å². The molecule has 0 saturated heterocycles. The summed E-state index contributed by atoms with van der Waals surface area (Å²) in [5.41, 5.74) is 6.97. The van der Waals surface area contributed by atoms with E-state index in [-0.39, 0.29) is 18.1 Å². The molecule has 0 aliphatic carbocycles. The van der Waals surface area contributed by atoms with E-state index in [9.17, 15) is 9.18 Å². The molecule has 6 heteroatoms. The van der Waals surface area contributed by atoms with E-state index < -0.39 is 0 Å². The number of aromatic nitrogens is 1. The highest BCUT2D eigenvalue weighted by molar-refractivity contribution is 7.16. The van der Waals surface area contributed by atoms with E-state index >= 15 is 0 Å². The van der Waals surface area contributed by atoms with Crippen LogP contribution in [0.15, 0.2) is 24.3 Å². The van der Waals surface area contributed by atoms with Crippen molar-refractivity contribution in [1.29, 1.82) is 0 Å². The van der Waals surface area contributed by atoms with Crippen molar-refractivity contribution in [3.8, 4) is 11.3 Å². The quantitative estimate of drug-likeness (QED) is 0.890. The maximum atomic E-state index is 13.0. The van der Waals surface area contributed by atoms with Gasteiger partial charge in [0.15, 0.2) is 5.13 Å². The first kappa shape index (κ1) is 14.6. The number of amides is 1. The highest BCUT2D eigenvalue weighted by Crippen LogP contribution is 2.31. The molecular weight excluding hydrogens is 277 g/mol. The Morgan fingerprint density at radius 1 is 1.40 bits per heavy atom. The zero-order chi connectivity index (χ0) is 14.5. The Morgan fingerprint density at radius 3 is 2.70 bits per heavy atom. The third-order valence-corrected chi connectivity index (χ3v) is 3.87. The summed E-state index contributed by atoms with van der Waals surface area (Å²) in [4.78, 5) is 17.0. The van der Waals surface area contributed by atoms with Crippen molar-refractivity contribution in [2.75, 3.05) is 11.9 Å². The number of halogens is 1. The first-order valence-corrected chi connectivity index (χ1v) is 7.21. The molecule has 0 radical (unpaired) electrons. The summed E-state index contributed by atoms with van der Waals surface area (Å²) in [5.74, 6) is -0.423. The fourth-order valence-electron chi connectivity index (χ4n) is 1.79. The molecule has 106 valence electrons. The molecule has 0 bridgehead atoms. The molecule has 1 heterocycles. The first-order valence-electron chi connectivity index (χ1n) is 6.39. The van der Waals surface area contributed by atoms with Gasteiger partial charge in [0.2, 0.25) is 5.91 Å². The summed E-state index contributed by atoms with van der Waals surface area (Å²) in [6, 6.07) is 6.19. The van der Waals surface area contributed by atoms with Crippen LogP contribution in [-0.2, 0) is 11.2 Å². The number of rotatable bonds is 5. The standard InChI is InChI=1S/C14H16FN3OS/c1-2-11-13(9-3-5-10(15)6-4-9)18-14(20-11)17-12(19)7-8-16/h3-6H,2,7-8,16H2,1H3,(H,17,18,19). The largest absolute Gasteiger partial charge is 0.330 e. The van der Waals surface area contributed by atoms with Crippen LogP contribution in [0.3, 0.4) is 0 Å². The lowest BCUT2D eigenvalue weighted by molar-refractivity contribution is -0.116. The second-order valence-electron chi connectivity index (χ2n) is 4.24. The molecule has 20 heavy (non-hydrogen) atoms. The number of nitrogens with one attached hydrogen (secondary N) is 1. The SMILES string of the molecule is CCc1sc(NC(=O)CCN)nc1-c1ccc(F)cc1. The Balaban J connectivity index is 2.27. The number of nitrogens with zero attached hydrogens (tertiary/aromatic N) is 1. The fraction of sp³-hybridized carbons (Fsp3) is 0.286. The maximum Gasteiger partial charge on any atom is 0.227 e. The van der Waals surface area contributed by atoms with Crippen molar-refractivity contribution in [2.24, 2.45) is 5.73 Å². The number of carbonyl (C=O) groups is 1. The second-order valence-corrected chi connectivity index (χ2v) is 5.32. The van der Waals surface area contributed by atoms with E-state index in [1.54, 1.807) is 12.1 Å². The minimum atomic E-state index is -0.279. The molecule has 1 aromatic carbocycles. The molecular formula is C14H16FN3OS. The van der Waals surface area contributed by atoms with Gasteiger partial charge in [0, 0.05) is 23.4 Å². The lowest BCUT2D eigenvalue weighted by Crippen LogP contribution is -2.15. The van der Waals surface area contributed by atoms with Crippen LogP contribution in [-0.4, -0.2) is 17.4 Å². The molecule has 2 aromatic rings. The van der Waals surface area contributed by atoms with E-state index in [0.29, 0.717) is 11.7 Å². The molecule has 0 unspecified atom stereocenters. The topological polar surface area (TPSA) is 68.0 Å². The molecule has 3 N–H and O–H groups in total. The predicted octanol–water partition coefficient (Wildman–Crippen LogP) is 2.80. The minimum Gasteiger partial charge on any atom is -0.330 e. The Labute approximate surface area is 120 Å². The average Bonchev–Trinajstić information content (AvgIpc) is 2.82. The third kappa shape index (κ3) is 3.40. The molecule has 1 aromatic heterocycles. The molecule has 2 rings (SSSR count). The summed E-state index contributed by atoms with van der Waals surface area (Å²) in [6.07, 6.45) is 1.07. The van der Waals surface area contributed by atoms with Gasteiger partial charge in [-0.25, -0.2) is 9.37 Å². The Hall–Kier alpha value is -1.79. The van der Waals surface area contributed by atoms with E-state index in [0.717, 1.165) is 22.6 Å². The van der Waals surface area contributed by atoms with Gasteiger partial charge < -0.3 is 11.1 Å². The van der Waals surface area contributed by atoms with Crippen LogP contribution in [0.1, 0.15) is 18.2 Å². The highest BCUT2D eigenvalue weighted by Gasteiger charge is 2.13. The minimum absolute atomic E-state index is 0.144. The van der Waals surface area contributed by atoms with Crippen LogP contribution in [0.4, 0.5) is 9.52 Å². The lowest BCUT2D eigenvalue weighted by Gasteiger charge is -2.00. The third-order valence-electron chi connectivity index (χ3n) is 2.75. The van der Waals surface area contributed by atoms with Crippen LogP contribution >= 0.6 is 11.3 Å². The Kier molecular flexibility index (Phi) is 4.81. The van der Waals surface area contributed by atoms with Crippen molar-refractivity contribution in [2.45, 2.75) is 19.8 Å². The van der Waals surface area contributed by atoms with E-state index in [1.807, 2.05) is 6.92 Å².